The highest BCUT2D eigenvalue weighted by atomic mass is 16.5. The van der Waals surface area contributed by atoms with Crippen LogP contribution in [0.1, 0.15) is 31.4 Å². The lowest BCUT2D eigenvalue weighted by Gasteiger charge is -2.47. The Bertz CT molecular complexity index is 714. The average molecular weight is 326 g/mol. The first kappa shape index (κ1) is 15.2. The zero-order valence-corrected chi connectivity index (χ0v) is 13.8. The maximum atomic E-state index is 12.4. The minimum atomic E-state index is -0.0611. The molecule has 0 aliphatic carbocycles. The number of rotatable bonds is 3. The zero-order valence-electron chi connectivity index (χ0n) is 13.8. The summed E-state index contributed by atoms with van der Waals surface area (Å²) < 4.78 is 7.59. The van der Waals surface area contributed by atoms with Gasteiger partial charge in [-0.25, -0.2) is 9.48 Å². The van der Waals surface area contributed by atoms with Crippen LogP contribution in [0.25, 0.3) is 5.69 Å². The van der Waals surface area contributed by atoms with E-state index in [0.29, 0.717) is 13.1 Å². The van der Waals surface area contributed by atoms with E-state index in [9.17, 15) is 4.79 Å². The zero-order chi connectivity index (χ0) is 16.6. The summed E-state index contributed by atoms with van der Waals surface area (Å²) in [7, 11) is 0. The van der Waals surface area contributed by atoms with Crippen molar-refractivity contribution < 1.29 is 9.53 Å². The molecular formula is C18H22N4O2. The van der Waals surface area contributed by atoms with E-state index in [0.717, 1.165) is 30.7 Å². The third-order valence-corrected chi connectivity index (χ3v) is 4.91. The number of nitrogens with zero attached hydrogens (tertiary/aromatic N) is 3. The van der Waals surface area contributed by atoms with Crippen LogP contribution in [0.3, 0.4) is 0 Å². The van der Waals surface area contributed by atoms with Crippen molar-refractivity contribution in [3.05, 3.63) is 48.3 Å². The number of hydrogen-bond donors (Lipinski definition) is 1. The molecule has 1 unspecified atom stereocenters. The smallest absolute Gasteiger partial charge is 0.318 e. The minimum Gasteiger partial charge on any atom is -0.371 e. The van der Waals surface area contributed by atoms with Crippen molar-refractivity contribution in [2.24, 2.45) is 0 Å². The van der Waals surface area contributed by atoms with Gasteiger partial charge in [0.05, 0.1) is 24.8 Å². The summed E-state index contributed by atoms with van der Waals surface area (Å²) in [5.41, 5.74) is 1.99. The Morgan fingerprint density at radius 3 is 2.96 bits per heavy atom. The number of nitrogens with one attached hydrogen (secondary N) is 1. The maximum Gasteiger partial charge on any atom is 0.318 e. The van der Waals surface area contributed by atoms with E-state index in [4.69, 9.17) is 4.74 Å². The van der Waals surface area contributed by atoms with Crippen molar-refractivity contribution in [3.8, 4) is 5.69 Å². The monoisotopic (exact) mass is 326 g/mol. The van der Waals surface area contributed by atoms with Crippen LogP contribution in [-0.2, 0) is 4.74 Å². The Hall–Kier alpha value is -2.34. The fraction of sp³-hybridized carbons (Fsp3) is 0.444. The Labute approximate surface area is 141 Å². The first-order valence-electron chi connectivity index (χ1n) is 8.45. The molecule has 0 radical (unpaired) electrons. The summed E-state index contributed by atoms with van der Waals surface area (Å²) in [5, 5.41) is 7.33. The minimum absolute atomic E-state index is 0.0203. The van der Waals surface area contributed by atoms with Crippen molar-refractivity contribution in [3.63, 3.8) is 0 Å². The number of benzene rings is 1. The van der Waals surface area contributed by atoms with Crippen molar-refractivity contribution in [2.75, 3.05) is 19.7 Å². The summed E-state index contributed by atoms with van der Waals surface area (Å²) in [6.45, 7) is 4.24. The van der Waals surface area contributed by atoms with Crippen molar-refractivity contribution >= 4 is 6.03 Å². The van der Waals surface area contributed by atoms with Crippen LogP contribution in [0.4, 0.5) is 4.79 Å². The SMILES string of the molecule is CC(NC(=O)N1CC2(CCCO2)C1)c1cccc(-n2cccn2)c1. The molecule has 1 N–H and O–H groups in total. The molecule has 6 nitrogen and oxygen atoms in total. The first-order chi connectivity index (χ1) is 11.7. The van der Waals surface area contributed by atoms with E-state index in [1.54, 1.807) is 6.20 Å². The Kier molecular flexibility index (Phi) is 3.76. The topological polar surface area (TPSA) is 59.4 Å². The molecule has 2 aliphatic heterocycles. The van der Waals surface area contributed by atoms with E-state index in [1.165, 1.54) is 0 Å². The predicted molar refractivity (Wildman–Crippen MR) is 90.0 cm³/mol. The molecule has 2 aliphatic rings. The number of carbonyl (C=O) groups is 1. The number of hydrogen-bond acceptors (Lipinski definition) is 3. The van der Waals surface area contributed by atoms with E-state index < -0.39 is 0 Å². The largest absolute Gasteiger partial charge is 0.371 e. The van der Waals surface area contributed by atoms with Gasteiger partial charge in [0.2, 0.25) is 0 Å². The van der Waals surface area contributed by atoms with Gasteiger partial charge in [-0.2, -0.15) is 5.10 Å². The van der Waals surface area contributed by atoms with E-state index >= 15 is 0 Å². The second-order valence-corrected chi connectivity index (χ2v) is 6.71. The molecule has 2 amide bonds. The molecule has 1 atom stereocenters. The fourth-order valence-electron chi connectivity index (χ4n) is 3.52. The molecule has 1 spiro atoms. The molecule has 24 heavy (non-hydrogen) atoms. The second-order valence-electron chi connectivity index (χ2n) is 6.71. The van der Waals surface area contributed by atoms with Gasteiger partial charge >= 0.3 is 6.03 Å². The number of amides is 2. The molecule has 2 saturated heterocycles. The molecule has 0 saturated carbocycles. The van der Waals surface area contributed by atoms with Gasteiger partial charge in [-0.15, -0.1) is 0 Å². The van der Waals surface area contributed by atoms with Gasteiger partial charge in [0.25, 0.3) is 0 Å². The molecule has 2 fully saturated rings. The van der Waals surface area contributed by atoms with Crippen molar-refractivity contribution in [2.45, 2.75) is 31.4 Å². The van der Waals surface area contributed by atoms with E-state index in [1.807, 2.05) is 47.0 Å². The summed E-state index contributed by atoms with van der Waals surface area (Å²) in [4.78, 5) is 14.2. The van der Waals surface area contributed by atoms with Gasteiger partial charge in [0, 0.05) is 19.0 Å². The standard InChI is InChI=1S/C18H22N4O2/c1-14(15-5-2-6-16(11-15)22-9-4-8-19-22)20-17(23)21-12-18(13-21)7-3-10-24-18/h2,4-6,8-9,11,14H,3,7,10,12-13H2,1H3,(H,20,23). The lowest BCUT2D eigenvalue weighted by atomic mass is 9.91. The number of aromatic nitrogens is 2. The number of urea groups is 1. The molecule has 4 rings (SSSR count). The van der Waals surface area contributed by atoms with Gasteiger partial charge in [0.15, 0.2) is 0 Å². The summed E-state index contributed by atoms with van der Waals surface area (Å²) in [6.07, 6.45) is 5.83. The molecule has 6 heteroatoms. The van der Waals surface area contributed by atoms with Crippen LogP contribution < -0.4 is 5.32 Å². The van der Waals surface area contributed by atoms with Crippen LogP contribution >= 0.6 is 0 Å². The van der Waals surface area contributed by atoms with Gasteiger partial charge in [0.1, 0.15) is 5.60 Å². The van der Waals surface area contributed by atoms with Gasteiger partial charge < -0.3 is 15.0 Å². The Morgan fingerprint density at radius 2 is 2.25 bits per heavy atom. The van der Waals surface area contributed by atoms with Gasteiger partial charge in [-0.1, -0.05) is 12.1 Å². The van der Waals surface area contributed by atoms with Gasteiger partial charge in [-0.05, 0) is 43.5 Å². The normalized spacial score (nSPS) is 20.0. The first-order valence-corrected chi connectivity index (χ1v) is 8.45. The molecule has 3 heterocycles. The lowest BCUT2D eigenvalue weighted by Crippen LogP contribution is -2.65. The number of likely N-dealkylation sites (tertiary alicyclic amines) is 1. The summed E-state index contributed by atoms with van der Waals surface area (Å²) >= 11 is 0. The molecule has 0 bridgehead atoms. The fourth-order valence-corrected chi connectivity index (χ4v) is 3.52. The van der Waals surface area contributed by atoms with Crippen molar-refractivity contribution in [1.82, 2.24) is 20.0 Å². The molecule has 126 valence electrons. The highest BCUT2D eigenvalue weighted by molar-refractivity contribution is 5.76. The lowest BCUT2D eigenvalue weighted by molar-refractivity contribution is -0.0914. The van der Waals surface area contributed by atoms with Crippen LogP contribution in [0, 0.1) is 0 Å². The van der Waals surface area contributed by atoms with Gasteiger partial charge in [-0.3, -0.25) is 0 Å². The molecule has 2 aromatic rings. The molecule has 1 aromatic carbocycles. The predicted octanol–water partition coefficient (Wildman–Crippen LogP) is 2.51. The second kappa shape index (κ2) is 5.94. The Morgan fingerprint density at radius 1 is 1.38 bits per heavy atom. The summed E-state index contributed by atoms with van der Waals surface area (Å²) in [5.74, 6) is 0. The third kappa shape index (κ3) is 2.78. The maximum absolute atomic E-state index is 12.4. The summed E-state index contributed by atoms with van der Waals surface area (Å²) in [6, 6.07) is 9.87. The van der Waals surface area contributed by atoms with E-state index in [2.05, 4.69) is 16.5 Å². The number of ether oxygens (including phenoxy) is 1. The third-order valence-electron chi connectivity index (χ3n) is 4.91. The quantitative estimate of drug-likeness (QED) is 0.943. The highest BCUT2D eigenvalue weighted by Gasteiger charge is 2.48. The number of carbonyl (C=O) groups excluding carboxylic acids is 1. The van der Waals surface area contributed by atoms with E-state index in [-0.39, 0.29) is 17.7 Å². The highest BCUT2D eigenvalue weighted by Crippen LogP contribution is 2.34. The van der Waals surface area contributed by atoms with Crippen molar-refractivity contribution in [1.29, 1.82) is 0 Å². The molecule has 1 aromatic heterocycles. The Balaban J connectivity index is 1.38. The van der Waals surface area contributed by atoms with Crippen LogP contribution in [0.15, 0.2) is 42.7 Å². The van der Waals surface area contributed by atoms with Crippen LogP contribution in [-0.4, -0.2) is 46.0 Å². The average Bonchev–Trinajstić information content (AvgIpc) is 3.25. The van der Waals surface area contributed by atoms with Crippen LogP contribution in [0.2, 0.25) is 0 Å². The van der Waals surface area contributed by atoms with Crippen LogP contribution in [0.5, 0.6) is 0 Å². The molecular weight excluding hydrogens is 304 g/mol.